The van der Waals surface area contributed by atoms with E-state index < -0.39 is 0 Å². The third-order valence-corrected chi connectivity index (χ3v) is 3.11. The zero-order valence-corrected chi connectivity index (χ0v) is 9.08. The van der Waals surface area contributed by atoms with E-state index in [1.54, 1.807) is 0 Å². The summed E-state index contributed by atoms with van der Waals surface area (Å²) in [6.07, 6.45) is 5.50. The predicted octanol–water partition coefficient (Wildman–Crippen LogP) is 1.62. The second kappa shape index (κ2) is 5.10. The molecule has 0 aromatic rings. The van der Waals surface area contributed by atoms with Crippen LogP contribution in [0.3, 0.4) is 0 Å². The van der Waals surface area contributed by atoms with Crippen molar-refractivity contribution in [2.45, 2.75) is 44.9 Å². The van der Waals surface area contributed by atoms with Gasteiger partial charge in [-0.3, -0.25) is 4.90 Å². The summed E-state index contributed by atoms with van der Waals surface area (Å²) in [5, 5.41) is 0. The molecule has 0 radical (unpaired) electrons. The highest BCUT2D eigenvalue weighted by Crippen LogP contribution is 2.23. The van der Waals surface area contributed by atoms with Gasteiger partial charge in [-0.2, -0.15) is 0 Å². The van der Waals surface area contributed by atoms with Crippen molar-refractivity contribution in [3.63, 3.8) is 0 Å². The molecular formula is C11H21NO2. The summed E-state index contributed by atoms with van der Waals surface area (Å²) < 4.78 is 11.4. The fraction of sp³-hybridized carbons (Fsp3) is 1.00. The van der Waals surface area contributed by atoms with Gasteiger partial charge in [0.15, 0.2) is 0 Å². The van der Waals surface area contributed by atoms with Crippen LogP contribution in [0.15, 0.2) is 0 Å². The molecule has 82 valence electrons. The monoisotopic (exact) mass is 199 g/mol. The molecule has 0 saturated carbocycles. The number of rotatable bonds is 4. The molecule has 0 aromatic heterocycles. The van der Waals surface area contributed by atoms with Gasteiger partial charge in [0.1, 0.15) is 6.23 Å². The van der Waals surface area contributed by atoms with E-state index in [4.69, 9.17) is 9.47 Å². The number of hydrogen-bond donors (Lipinski definition) is 0. The molecule has 2 heterocycles. The fourth-order valence-corrected chi connectivity index (χ4v) is 2.29. The van der Waals surface area contributed by atoms with Crippen LogP contribution in [0.25, 0.3) is 0 Å². The van der Waals surface area contributed by atoms with E-state index in [2.05, 4.69) is 11.8 Å². The maximum atomic E-state index is 5.75. The topological polar surface area (TPSA) is 21.7 Å². The first-order chi connectivity index (χ1) is 6.92. The maximum Gasteiger partial charge on any atom is 0.137 e. The maximum absolute atomic E-state index is 5.75. The molecule has 2 saturated heterocycles. The zero-order chi connectivity index (χ0) is 9.80. The van der Waals surface area contributed by atoms with Gasteiger partial charge < -0.3 is 9.47 Å². The van der Waals surface area contributed by atoms with Crippen LogP contribution < -0.4 is 0 Å². The summed E-state index contributed by atoms with van der Waals surface area (Å²) in [5.74, 6) is 0. The first kappa shape index (κ1) is 10.4. The van der Waals surface area contributed by atoms with Gasteiger partial charge in [0.25, 0.3) is 0 Å². The highest BCUT2D eigenvalue weighted by molar-refractivity contribution is 4.80. The Hall–Kier alpha value is -0.120. The molecule has 3 nitrogen and oxygen atoms in total. The second-order valence-electron chi connectivity index (χ2n) is 4.20. The number of ether oxygens (including phenoxy) is 2. The van der Waals surface area contributed by atoms with Crippen molar-refractivity contribution in [1.29, 1.82) is 0 Å². The number of hydrogen-bond acceptors (Lipinski definition) is 3. The third-order valence-electron chi connectivity index (χ3n) is 3.11. The lowest BCUT2D eigenvalue weighted by atomic mass is 10.2. The Morgan fingerprint density at radius 1 is 1.29 bits per heavy atom. The first-order valence-electron chi connectivity index (χ1n) is 5.89. The molecule has 2 atom stereocenters. The van der Waals surface area contributed by atoms with Crippen LogP contribution in [0.5, 0.6) is 0 Å². The Kier molecular flexibility index (Phi) is 3.79. The quantitative estimate of drug-likeness (QED) is 0.687. The standard InChI is InChI=1S/C11H21NO2/c1-2-3-6-12-7-9-14-11(12)10-5-4-8-13-10/h10-11H,2-9H2,1H3. The van der Waals surface area contributed by atoms with E-state index in [0.717, 1.165) is 19.8 Å². The van der Waals surface area contributed by atoms with E-state index in [-0.39, 0.29) is 6.23 Å². The lowest BCUT2D eigenvalue weighted by Crippen LogP contribution is -2.40. The number of nitrogens with zero attached hydrogens (tertiary/aromatic N) is 1. The summed E-state index contributed by atoms with van der Waals surface area (Å²) in [7, 11) is 0. The molecule has 0 bridgehead atoms. The lowest BCUT2D eigenvalue weighted by Gasteiger charge is -2.26. The Labute approximate surface area is 86.4 Å². The van der Waals surface area contributed by atoms with Gasteiger partial charge in [0.05, 0.1) is 12.7 Å². The summed E-state index contributed by atoms with van der Waals surface area (Å²) in [4.78, 5) is 2.44. The van der Waals surface area contributed by atoms with E-state index >= 15 is 0 Å². The van der Waals surface area contributed by atoms with E-state index in [1.165, 1.54) is 32.2 Å². The van der Waals surface area contributed by atoms with Crippen molar-refractivity contribution in [1.82, 2.24) is 4.90 Å². The van der Waals surface area contributed by atoms with Crippen molar-refractivity contribution < 1.29 is 9.47 Å². The third kappa shape index (κ3) is 2.27. The minimum absolute atomic E-state index is 0.254. The van der Waals surface area contributed by atoms with Crippen LogP contribution in [0.1, 0.15) is 32.6 Å². The van der Waals surface area contributed by atoms with Gasteiger partial charge in [0.2, 0.25) is 0 Å². The first-order valence-corrected chi connectivity index (χ1v) is 5.89. The Morgan fingerprint density at radius 2 is 2.21 bits per heavy atom. The van der Waals surface area contributed by atoms with Gasteiger partial charge in [-0.1, -0.05) is 13.3 Å². The number of unbranched alkanes of at least 4 members (excludes halogenated alkanes) is 1. The minimum Gasteiger partial charge on any atom is -0.374 e. The van der Waals surface area contributed by atoms with Crippen LogP contribution in [-0.4, -0.2) is 43.5 Å². The van der Waals surface area contributed by atoms with Crippen molar-refractivity contribution in [3.05, 3.63) is 0 Å². The SMILES string of the molecule is CCCCN1CCOC1C1CCCO1. The molecule has 3 heteroatoms. The molecule has 2 rings (SSSR count). The lowest BCUT2D eigenvalue weighted by molar-refractivity contribution is -0.0719. The van der Waals surface area contributed by atoms with Gasteiger partial charge in [-0.05, 0) is 19.3 Å². The molecule has 0 spiro atoms. The second-order valence-corrected chi connectivity index (χ2v) is 4.20. The smallest absolute Gasteiger partial charge is 0.137 e. The molecule has 0 amide bonds. The average Bonchev–Trinajstić information content (AvgIpc) is 2.84. The highest BCUT2D eigenvalue weighted by atomic mass is 16.6. The van der Waals surface area contributed by atoms with E-state index in [0.29, 0.717) is 6.10 Å². The molecule has 0 aliphatic carbocycles. The van der Waals surface area contributed by atoms with Crippen LogP contribution in [0, 0.1) is 0 Å². The van der Waals surface area contributed by atoms with E-state index in [9.17, 15) is 0 Å². The van der Waals surface area contributed by atoms with E-state index in [1.807, 2.05) is 0 Å². The molecule has 2 fully saturated rings. The Morgan fingerprint density at radius 3 is 2.93 bits per heavy atom. The van der Waals surface area contributed by atoms with Crippen molar-refractivity contribution in [2.24, 2.45) is 0 Å². The van der Waals surface area contributed by atoms with Crippen molar-refractivity contribution >= 4 is 0 Å². The van der Waals surface area contributed by atoms with Crippen molar-refractivity contribution in [3.8, 4) is 0 Å². The predicted molar refractivity (Wildman–Crippen MR) is 55.2 cm³/mol. The molecule has 0 aromatic carbocycles. The highest BCUT2D eigenvalue weighted by Gasteiger charge is 2.34. The Bertz CT molecular complexity index is 169. The van der Waals surface area contributed by atoms with Crippen LogP contribution >= 0.6 is 0 Å². The zero-order valence-electron chi connectivity index (χ0n) is 9.08. The van der Waals surface area contributed by atoms with Crippen molar-refractivity contribution in [2.75, 3.05) is 26.3 Å². The summed E-state index contributed by atoms with van der Waals surface area (Å²) >= 11 is 0. The molecule has 14 heavy (non-hydrogen) atoms. The molecule has 2 aliphatic heterocycles. The van der Waals surface area contributed by atoms with Crippen LogP contribution in [0.2, 0.25) is 0 Å². The normalized spacial score (nSPS) is 34.1. The summed E-state index contributed by atoms with van der Waals surface area (Å²) in [6, 6.07) is 0. The molecule has 0 N–H and O–H groups in total. The fourth-order valence-electron chi connectivity index (χ4n) is 2.29. The molecule has 2 aliphatic rings. The van der Waals surface area contributed by atoms with Gasteiger partial charge in [-0.15, -0.1) is 0 Å². The largest absolute Gasteiger partial charge is 0.374 e. The van der Waals surface area contributed by atoms with Crippen LogP contribution in [0.4, 0.5) is 0 Å². The summed E-state index contributed by atoms with van der Waals surface area (Å²) in [6.45, 7) is 6.30. The minimum atomic E-state index is 0.254. The van der Waals surface area contributed by atoms with Gasteiger partial charge >= 0.3 is 0 Å². The van der Waals surface area contributed by atoms with Gasteiger partial charge in [0, 0.05) is 19.7 Å². The molecule has 2 unspecified atom stereocenters. The van der Waals surface area contributed by atoms with Crippen LogP contribution in [-0.2, 0) is 9.47 Å². The van der Waals surface area contributed by atoms with Gasteiger partial charge in [-0.25, -0.2) is 0 Å². The average molecular weight is 199 g/mol. The molecular weight excluding hydrogens is 178 g/mol. The summed E-state index contributed by atoms with van der Waals surface area (Å²) in [5.41, 5.74) is 0. The Balaban J connectivity index is 1.82.